The minimum absolute atomic E-state index is 0.553. The Kier molecular flexibility index (Phi) is 1.23. The predicted octanol–water partition coefficient (Wildman–Crippen LogP) is 1.00. The first-order chi connectivity index (χ1) is 3.61. The quantitative estimate of drug-likeness (QED) is 0.545. The van der Waals surface area contributed by atoms with Crippen LogP contribution in [0.15, 0.2) is 0 Å². The molecule has 0 aromatic rings. The van der Waals surface area contributed by atoms with Crippen LogP contribution in [0.3, 0.4) is 0 Å². The number of hydrogen-bond acceptors (Lipinski definition) is 1. The van der Waals surface area contributed by atoms with Gasteiger partial charge in [-0.25, -0.2) is 8.78 Å². The van der Waals surface area contributed by atoms with Crippen molar-refractivity contribution in [2.45, 2.75) is 25.3 Å². The van der Waals surface area contributed by atoms with Crippen molar-refractivity contribution in [3.05, 3.63) is 0 Å². The fourth-order valence-electron chi connectivity index (χ4n) is 0.721. The zero-order valence-electron chi connectivity index (χ0n) is 4.75. The van der Waals surface area contributed by atoms with Gasteiger partial charge in [0.2, 0.25) is 0 Å². The summed E-state index contributed by atoms with van der Waals surface area (Å²) < 4.78 is 24.2. The van der Waals surface area contributed by atoms with Gasteiger partial charge >= 0.3 is 0 Å². The van der Waals surface area contributed by atoms with Gasteiger partial charge in [0.05, 0.1) is 6.04 Å². The molecule has 0 amide bonds. The van der Waals surface area contributed by atoms with Crippen LogP contribution in [0.25, 0.3) is 0 Å². The van der Waals surface area contributed by atoms with Gasteiger partial charge in [-0.3, -0.25) is 0 Å². The fraction of sp³-hybridized carbons (Fsp3) is 1.00. The van der Waals surface area contributed by atoms with E-state index in [9.17, 15) is 8.78 Å². The van der Waals surface area contributed by atoms with Crippen LogP contribution in [0.4, 0.5) is 8.78 Å². The van der Waals surface area contributed by atoms with Crippen molar-refractivity contribution in [1.82, 2.24) is 5.32 Å². The average molecular weight is 121 g/mol. The van der Waals surface area contributed by atoms with Gasteiger partial charge < -0.3 is 5.32 Å². The molecule has 1 aliphatic heterocycles. The van der Waals surface area contributed by atoms with Crippen LogP contribution in [-0.4, -0.2) is 18.5 Å². The maximum atomic E-state index is 12.1. The lowest BCUT2D eigenvalue weighted by atomic mass is 10.0. The predicted molar refractivity (Wildman–Crippen MR) is 27.0 cm³/mol. The molecule has 0 saturated carbocycles. The molecule has 1 atom stereocenters. The maximum absolute atomic E-state index is 12.1. The molecule has 1 saturated heterocycles. The lowest BCUT2D eigenvalue weighted by Gasteiger charge is -2.32. The van der Waals surface area contributed by atoms with E-state index in [1.54, 1.807) is 0 Å². The Balaban J connectivity index is 2.34. The summed E-state index contributed by atoms with van der Waals surface area (Å²) >= 11 is 0. The van der Waals surface area contributed by atoms with Crippen molar-refractivity contribution in [2.24, 2.45) is 0 Å². The molecule has 0 aromatic carbocycles. The molecule has 0 aliphatic carbocycles. The minimum atomic E-state index is -2.52. The van der Waals surface area contributed by atoms with Crippen molar-refractivity contribution < 1.29 is 8.78 Å². The molecule has 1 nitrogen and oxygen atoms in total. The van der Waals surface area contributed by atoms with E-state index >= 15 is 0 Å². The van der Waals surface area contributed by atoms with Crippen molar-refractivity contribution in [1.29, 1.82) is 0 Å². The summed E-state index contributed by atoms with van der Waals surface area (Å²) in [6.45, 7) is 1.69. The SMILES string of the molecule is CC(F)(F)[C@H]1CCN1. The second-order valence-corrected chi connectivity index (χ2v) is 2.25. The van der Waals surface area contributed by atoms with E-state index in [4.69, 9.17) is 0 Å². The van der Waals surface area contributed by atoms with Gasteiger partial charge in [0.15, 0.2) is 0 Å². The first kappa shape index (κ1) is 5.95. The molecule has 8 heavy (non-hydrogen) atoms. The van der Waals surface area contributed by atoms with Crippen molar-refractivity contribution in [3.63, 3.8) is 0 Å². The lowest BCUT2D eigenvalue weighted by molar-refractivity contribution is -0.0402. The van der Waals surface area contributed by atoms with Gasteiger partial charge in [-0.05, 0) is 13.0 Å². The smallest absolute Gasteiger partial charge is 0.260 e. The zero-order chi connectivity index (χ0) is 6.20. The molecule has 48 valence electrons. The molecule has 3 heteroatoms. The van der Waals surface area contributed by atoms with Crippen LogP contribution in [0.2, 0.25) is 0 Å². The largest absolute Gasteiger partial charge is 0.309 e. The Morgan fingerprint density at radius 1 is 1.62 bits per heavy atom. The molecular weight excluding hydrogens is 112 g/mol. The molecule has 1 fully saturated rings. The lowest BCUT2D eigenvalue weighted by Crippen LogP contribution is -2.53. The summed E-state index contributed by atoms with van der Waals surface area (Å²) in [5.41, 5.74) is 0. The van der Waals surface area contributed by atoms with E-state index in [0.717, 1.165) is 13.5 Å². The second-order valence-electron chi connectivity index (χ2n) is 2.25. The minimum Gasteiger partial charge on any atom is -0.309 e. The zero-order valence-corrected chi connectivity index (χ0v) is 4.75. The average Bonchev–Trinajstić information content (AvgIpc) is 1.16. The van der Waals surface area contributed by atoms with Gasteiger partial charge in [0.25, 0.3) is 5.92 Å². The summed E-state index contributed by atoms with van der Waals surface area (Å²) in [6.07, 6.45) is 0.615. The Morgan fingerprint density at radius 2 is 2.12 bits per heavy atom. The molecule has 0 spiro atoms. The third-order valence-corrected chi connectivity index (χ3v) is 1.44. The number of nitrogens with one attached hydrogen (secondary N) is 1. The Labute approximate surface area is 47.1 Å². The Hall–Kier alpha value is -0.180. The monoisotopic (exact) mass is 121 g/mol. The Bertz CT molecular complexity index is 82.9. The van der Waals surface area contributed by atoms with Crippen molar-refractivity contribution in [3.8, 4) is 0 Å². The molecule has 1 aliphatic rings. The van der Waals surface area contributed by atoms with Crippen LogP contribution in [0, 0.1) is 0 Å². The molecule has 1 rings (SSSR count). The Morgan fingerprint density at radius 3 is 2.12 bits per heavy atom. The highest BCUT2D eigenvalue weighted by Gasteiger charge is 2.37. The molecule has 0 aromatic heterocycles. The topological polar surface area (TPSA) is 12.0 Å². The third kappa shape index (κ3) is 0.968. The van der Waals surface area contributed by atoms with E-state index < -0.39 is 12.0 Å². The summed E-state index contributed by atoms with van der Waals surface area (Å²) in [5.74, 6) is -2.52. The molecule has 1 N–H and O–H groups in total. The summed E-state index contributed by atoms with van der Waals surface area (Å²) in [5, 5.41) is 2.64. The van der Waals surface area contributed by atoms with Crippen LogP contribution < -0.4 is 5.32 Å². The van der Waals surface area contributed by atoms with Gasteiger partial charge in [-0.1, -0.05) is 0 Å². The van der Waals surface area contributed by atoms with Crippen molar-refractivity contribution in [2.75, 3.05) is 6.54 Å². The highest BCUT2D eigenvalue weighted by atomic mass is 19.3. The highest BCUT2D eigenvalue weighted by molar-refractivity contribution is 4.86. The number of rotatable bonds is 1. The van der Waals surface area contributed by atoms with E-state index in [2.05, 4.69) is 5.32 Å². The molecular formula is C5H9F2N. The maximum Gasteiger partial charge on any atom is 0.260 e. The highest BCUT2D eigenvalue weighted by Crippen LogP contribution is 2.23. The number of halogens is 2. The van der Waals surface area contributed by atoms with E-state index in [0.29, 0.717) is 6.42 Å². The fourth-order valence-corrected chi connectivity index (χ4v) is 0.721. The summed E-state index contributed by atoms with van der Waals surface area (Å²) in [7, 11) is 0. The summed E-state index contributed by atoms with van der Waals surface area (Å²) in [6, 6.07) is -0.553. The van der Waals surface area contributed by atoms with Gasteiger partial charge in [0.1, 0.15) is 0 Å². The van der Waals surface area contributed by atoms with E-state index in [1.807, 2.05) is 0 Å². The van der Waals surface area contributed by atoms with Gasteiger partial charge in [-0.15, -0.1) is 0 Å². The van der Waals surface area contributed by atoms with Crippen LogP contribution in [-0.2, 0) is 0 Å². The van der Waals surface area contributed by atoms with Crippen LogP contribution in [0.5, 0.6) is 0 Å². The first-order valence-electron chi connectivity index (χ1n) is 2.72. The summed E-state index contributed by atoms with van der Waals surface area (Å²) in [4.78, 5) is 0. The third-order valence-electron chi connectivity index (χ3n) is 1.44. The van der Waals surface area contributed by atoms with Gasteiger partial charge in [0, 0.05) is 6.92 Å². The van der Waals surface area contributed by atoms with Crippen LogP contribution in [0.1, 0.15) is 13.3 Å². The normalized spacial score (nSPS) is 29.6. The molecule has 1 heterocycles. The number of hydrogen-bond donors (Lipinski definition) is 1. The molecule has 0 radical (unpaired) electrons. The van der Waals surface area contributed by atoms with Crippen molar-refractivity contribution >= 4 is 0 Å². The number of alkyl halides is 2. The molecule has 0 bridgehead atoms. The van der Waals surface area contributed by atoms with E-state index in [-0.39, 0.29) is 0 Å². The van der Waals surface area contributed by atoms with E-state index in [1.165, 1.54) is 0 Å². The van der Waals surface area contributed by atoms with Crippen LogP contribution >= 0.6 is 0 Å². The molecule has 0 unspecified atom stereocenters. The van der Waals surface area contributed by atoms with Gasteiger partial charge in [-0.2, -0.15) is 0 Å². The standard InChI is InChI=1S/C5H9F2N/c1-5(6,7)4-2-3-8-4/h4,8H,2-3H2,1H3/t4-/m1/s1. The first-order valence-corrected chi connectivity index (χ1v) is 2.72. The second kappa shape index (κ2) is 1.65.